The Bertz CT molecular complexity index is 316. The molecule has 13 heavy (non-hydrogen) atoms. The Morgan fingerprint density at radius 3 is 2.15 bits per heavy atom. The molecule has 3 N–H and O–H groups in total. The molecule has 1 rings (SSSR count). The summed E-state index contributed by atoms with van der Waals surface area (Å²) < 4.78 is 22.7. The van der Waals surface area contributed by atoms with Gasteiger partial charge in [-0.3, -0.25) is 4.72 Å². The second-order valence-corrected chi connectivity index (χ2v) is 3.01. The number of hydrogen-bond acceptors (Lipinski definition) is 3. The van der Waals surface area contributed by atoms with Gasteiger partial charge in [-0.15, -0.1) is 12.4 Å². The largest absolute Gasteiger partial charge is 0.326 e. The van der Waals surface area contributed by atoms with Crippen LogP contribution >= 0.6 is 12.4 Å². The molecule has 4 nitrogen and oxygen atoms in total. The van der Waals surface area contributed by atoms with Crippen molar-refractivity contribution in [3.05, 3.63) is 29.8 Å². The van der Waals surface area contributed by atoms with Crippen LogP contribution in [-0.4, -0.2) is 8.42 Å². The van der Waals surface area contributed by atoms with E-state index in [1.165, 1.54) is 0 Å². The summed E-state index contributed by atoms with van der Waals surface area (Å²) in [6, 6.07) is 6.91. The van der Waals surface area contributed by atoms with Crippen LogP contribution in [0.15, 0.2) is 24.3 Å². The van der Waals surface area contributed by atoms with Gasteiger partial charge in [0.15, 0.2) is 0 Å². The van der Waals surface area contributed by atoms with Crippen LogP contribution in [0, 0.1) is 0 Å². The van der Waals surface area contributed by atoms with Crippen molar-refractivity contribution in [3.63, 3.8) is 0 Å². The SMILES string of the molecule is Cl.NCc1ccc(N[SH](=O)=O)cc1. The molecular formula is C7H11ClN2O2S. The minimum Gasteiger partial charge on any atom is -0.326 e. The van der Waals surface area contributed by atoms with E-state index in [9.17, 15) is 8.42 Å². The molecule has 0 spiro atoms. The molecule has 6 heteroatoms. The number of hydrogen-bond donors (Lipinski definition) is 3. The molecule has 1 aromatic rings. The lowest BCUT2D eigenvalue weighted by molar-refractivity contribution is 0.619. The predicted molar refractivity (Wildman–Crippen MR) is 55.5 cm³/mol. The van der Waals surface area contributed by atoms with Crippen molar-refractivity contribution >= 4 is 29.0 Å². The van der Waals surface area contributed by atoms with E-state index >= 15 is 0 Å². The molecule has 1 aromatic carbocycles. The number of anilines is 1. The van der Waals surface area contributed by atoms with Gasteiger partial charge in [0.2, 0.25) is 10.9 Å². The van der Waals surface area contributed by atoms with Crippen LogP contribution in [0.2, 0.25) is 0 Å². The summed E-state index contributed by atoms with van der Waals surface area (Å²) in [5.74, 6) is 0. The first-order chi connectivity index (χ1) is 5.72. The average Bonchev–Trinajstić information content (AvgIpc) is 2.05. The Morgan fingerprint density at radius 2 is 1.77 bits per heavy atom. The van der Waals surface area contributed by atoms with Crippen molar-refractivity contribution in [2.24, 2.45) is 5.73 Å². The fraction of sp³-hybridized carbons (Fsp3) is 0.143. The highest BCUT2D eigenvalue weighted by atomic mass is 35.5. The van der Waals surface area contributed by atoms with Gasteiger partial charge in [-0.2, -0.15) is 0 Å². The molecule has 0 bridgehead atoms. The van der Waals surface area contributed by atoms with Gasteiger partial charge in [-0.1, -0.05) is 12.1 Å². The van der Waals surface area contributed by atoms with E-state index in [-0.39, 0.29) is 12.4 Å². The highest BCUT2D eigenvalue weighted by Gasteiger charge is 1.91. The zero-order valence-corrected chi connectivity index (χ0v) is 8.48. The second-order valence-electron chi connectivity index (χ2n) is 2.27. The van der Waals surface area contributed by atoms with Gasteiger partial charge in [0.25, 0.3) is 0 Å². The highest BCUT2D eigenvalue weighted by molar-refractivity contribution is 7.73. The molecule has 0 radical (unpaired) electrons. The van der Waals surface area contributed by atoms with Gasteiger partial charge < -0.3 is 5.73 Å². The normalized spacial score (nSPS) is 9.38. The lowest BCUT2D eigenvalue weighted by Gasteiger charge is -1.99. The van der Waals surface area contributed by atoms with E-state index in [0.29, 0.717) is 12.2 Å². The fourth-order valence-corrected chi connectivity index (χ4v) is 1.18. The van der Waals surface area contributed by atoms with E-state index < -0.39 is 10.9 Å². The summed E-state index contributed by atoms with van der Waals surface area (Å²) in [5.41, 5.74) is 6.89. The molecule has 0 aliphatic rings. The first-order valence-electron chi connectivity index (χ1n) is 3.42. The van der Waals surface area contributed by atoms with Crippen molar-refractivity contribution in [2.75, 3.05) is 4.72 Å². The number of benzene rings is 1. The van der Waals surface area contributed by atoms with Crippen LogP contribution in [0.25, 0.3) is 0 Å². The quantitative estimate of drug-likeness (QED) is 0.653. The standard InChI is InChI=1S/C7H10N2O2S.ClH/c8-5-6-1-3-7(4-2-6)9-12(10)11;/h1-4,12H,5,8H2,(H,9,10,11);1H. The van der Waals surface area contributed by atoms with E-state index in [2.05, 4.69) is 4.72 Å². The maximum Gasteiger partial charge on any atom is 0.222 e. The maximum atomic E-state index is 10.2. The third kappa shape index (κ3) is 4.12. The molecule has 0 aliphatic heterocycles. The molecule has 0 aliphatic carbocycles. The minimum atomic E-state index is -2.57. The summed E-state index contributed by atoms with van der Waals surface area (Å²) in [6.07, 6.45) is 0. The minimum absolute atomic E-state index is 0. The topological polar surface area (TPSA) is 72.2 Å². The number of thiol groups is 1. The fourth-order valence-electron chi connectivity index (χ4n) is 0.821. The van der Waals surface area contributed by atoms with Crippen molar-refractivity contribution in [1.29, 1.82) is 0 Å². The molecule has 0 fully saturated rings. The van der Waals surface area contributed by atoms with Crippen LogP contribution in [0.1, 0.15) is 5.56 Å². The Morgan fingerprint density at radius 1 is 1.23 bits per heavy atom. The number of rotatable bonds is 3. The van der Waals surface area contributed by atoms with Gasteiger partial charge >= 0.3 is 0 Å². The molecule has 0 aromatic heterocycles. The first kappa shape index (κ1) is 12.2. The second kappa shape index (κ2) is 5.80. The summed E-state index contributed by atoms with van der Waals surface area (Å²) in [7, 11) is -2.57. The van der Waals surface area contributed by atoms with Crippen LogP contribution in [-0.2, 0) is 17.4 Å². The lowest BCUT2D eigenvalue weighted by atomic mass is 10.2. The number of nitrogens with two attached hydrogens (primary N) is 1. The average molecular weight is 223 g/mol. The molecule has 0 amide bonds. The van der Waals surface area contributed by atoms with Crippen molar-refractivity contribution in [2.45, 2.75) is 6.54 Å². The van der Waals surface area contributed by atoms with Crippen LogP contribution in [0.4, 0.5) is 5.69 Å². The van der Waals surface area contributed by atoms with E-state index in [4.69, 9.17) is 5.73 Å². The molecule has 0 unspecified atom stereocenters. The maximum absolute atomic E-state index is 10.2. The Balaban J connectivity index is 0.00000144. The summed E-state index contributed by atoms with van der Waals surface area (Å²) in [6.45, 7) is 0.462. The summed E-state index contributed by atoms with van der Waals surface area (Å²) in [5, 5.41) is 0. The van der Waals surface area contributed by atoms with Crippen LogP contribution < -0.4 is 10.5 Å². The molecule has 74 valence electrons. The Hall–Kier alpha value is -0.780. The smallest absolute Gasteiger partial charge is 0.222 e. The Labute approximate surface area is 84.6 Å². The van der Waals surface area contributed by atoms with Gasteiger partial charge in [0, 0.05) is 12.2 Å². The van der Waals surface area contributed by atoms with Gasteiger partial charge in [0.1, 0.15) is 0 Å². The van der Waals surface area contributed by atoms with Gasteiger partial charge in [-0.05, 0) is 17.7 Å². The van der Waals surface area contributed by atoms with Gasteiger partial charge in [0.05, 0.1) is 0 Å². The third-order valence-electron chi connectivity index (χ3n) is 1.41. The molecule has 0 saturated carbocycles. The summed E-state index contributed by atoms with van der Waals surface area (Å²) >= 11 is 0. The number of nitrogens with one attached hydrogen (secondary N) is 1. The first-order valence-corrected chi connectivity index (χ1v) is 4.60. The molecule has 0 heterocycles. The van der Waals surface area contributed by atoms with Crippen LogP contribution in [0.5, 0.6) is 0 Å². The zero-order valence-electron chi connectivity index (χ0n) is 6.77. The monoisotopic (exact) mass is 222 g/mol. The van der Waals surface area contributed by atoms with E-state index in [1.54, 1.807) is 24.3 Å². The predicted octanol–water partition coefficient (Wildman–Crippen LogP) is 0.505. The van der Waals surface area contributed by atoms with Gasteiger partial charge in [-0.25, -0.2) is 8.42 Å². The Kier molecular flexibility index (Phi) is 5.45. The molecule has 0 saturated heterocycles. The van der Waals surface area contributed by atoms with E-state index in [1.807, 2.05) is 0 Å². The zero-order chi connectivity index (χ0) is 8.97. The summed E-state index contributed by atoms with van der Waals surface area (Å²) in [4.78, 5) is 0. The van der Waals surface area contributed by atoms with Crippen molar-refractivity contribution < 1.29 is 8.42 Å². The van der Waals surface area contributed by atoms with Crippen molar-refractivity contribution in [1.82, 2.24) is 0 Å². The number of halogens is 1. The third-order valence-corrected chi connectivity index (χ3v) is 1.85. The van der Waals surface area contributed by atoms with Crippen molar-refractivity contribution in [3.8, 4) is 0 Å². The lowest BCUT2D eigenvalue weighted by Crippen LogP contribution is -1.97. The highest BCUT2D eigenvalue weighted by Crippen LogP contribution is 2.08. The molecular weight excluding hydrogens is 212 g/mol. The van der Waals surface area contributed by atoms with E-state index in [0.717, 1.165) is 5.56 Å². The molecule has 0 atom stereocenters. The van der Waals surface area contributed by atoms with Crippen LogP contribution in [0.3, 0.4) is 0 Å².